The van der Waals surface area contributed by atoms with Gasteiger partial charge in [-0.25, -0.2) is 0 Å². The molecule has 0 spiro atoms. The molecule has 0 aromatic rings. The molecule has 0 radical (unpaired) electrons. The summed E-state index contributed by atoms with van der Waals surface area (Å²) in [4.78, 5) is 0. The molecule has 2 N–H and O–H groups in total. The topological polar surface area (TPSA) is 35.2 Å². The summed E-state index contributed by atoms with van der Waals surface area (Å²) in [5.74, 6) is 2.42. The average Bonchev–Trinajstić information content (AvgIpc) is 1.90. The molecule has 0 aliphatic heterocycles. The van der Waals surface area contributed by atoms with Gasteiger partial charge >= 0.3 is 0 Å². The van der Waals surface area contributed by atoms with Gasteiger partial charge in [-0.1, -0.05) is 12.8 Å². The van der Waals surface area contributed by atoms with E-state index in [2.05, 4.69) is 5.92 Å². The number of hydrogen-bond donors (Lipinski definition) is 1. The second-order valence-electron chi connectivity index (χ2n) is 1.87. The largest absolute Gasteiger partial charge is 0.379 e. The van der Waals surface area contributed by atoms with Crippen LogP contribution in [0.15, 0.2) is 0 Å². The van der Waals surface area contributed by atoms with Crippen LogP contribution in [0.4, 0.5) is 0 Å². The van der Waals surface area contributed by atoms with Gasteiger partial charge in [-0.2, -0.15) is 0 Å². The fourth-order valence-electron chi connectivity index (χ4n) is 0.675. The molecule has 0 bridgehead atoms. The molecule has 2 nitrogen and oxygen atoms in total. The minimum atomic E-state index is -0.264. The first-order valence-electron chi connectivity index (χ1n) is 3.00. The molecule has 0 aromatic carbocycles. The summed E-state index contributed by atoms with van der Waals surface area (Å²) < 4.78 is 4.98. The normalized spacial score (nSPS) is 16.2. The summed E-state index contributed by atoms with van der Waals surface area (Å²) in [7, 11) is 1.62. The third kappa shape index (κ3) is 2.50. The number of ether oxygens (including phenoxy) is 1. The number of terminal acetylenes is 1. The predicted molar refractivity (Wildman–Crippen MR) is 37.9 cm³/mol. The van der Waals surface area contributed by atoms with Crippen LogP contribution in [0, 0.1) is 12.3 Å². The van der Waals surface area contributed by atoms with Crippen molar-refractivity contribution in [1.82, 2.24) is 0 Å². The van der Waals surface area contributed by atoms with Crippen LogP contribution in [0.3, 0.4) is 0 Å². The highest BCUT2D eigenvalue weighted by Crippen LogP contribution is 1.98. The van der Waals surface area contributed by atoms with Gasteiger partial charge in [0, 0.05) is 7.11 Å². The number of hydrogen-bond acceptors (Lipinski definition) is 2. The Labute approximate surface area is 56.4 Å². The molecule has 0 aromatic heterocycles. The first kappa shape index (κ1) is 8.48. The summed E-state index contributed by atoms with van der Waals surface area (Å²) in [6.07, 6.45) is 5.94. The van der Waals surface area contributed by atoms with Gasteiger partial charge in [0.05, 0.1) is 12.1 Å². The zero-order valence-electron chi connectivity index (χ0n) is 5.92. The molecular weight excluding hydrogens is 114 g/mol. The fraction of sp³-hybridized carbons (Fsp3) is 0.714. The van der Waals surface area contributed by atoms with Crippen LogP contribution >= 0.6 is 0 Å². The quantitative estimate of drug-likeness (QED) is 0.556. The highest BCUT2D eigenvalue weighted by molar-refractivity contribution is 5.00. The highest BCUT2D eigenvalue weighted by atomic mass is 16.5. The van der Waals surface area contributed by atoms with E-state index in [1.807, 2.05) is 6.92 Å². The smallest absolute Gasteiger partial charge is 0.0927 e. The summed E-state index contributed by atoms with van der Waals surface area (Å²) in [5, 5.41) is 0. The maximum Gasteiger partial charge on any atom is 0.0927 e. The zero-order valence-corrected chi connectivity index (χ0v) is 5.92. The zero-order chi connectivity index (χ0) is 7.28. The molecule has 0 amide bonds. The van der Waals surface area contributed by atoms with Crippen molar-refractivity contribution < 1.29 is 4.74 Å². The lowest BCUT2D eigenvalue weighted by molar-refractivity contribution is 0.0914. The van der Waals surface area contributed by atoms with Crippen LogP contribution < -0.4 is 5.73 Å². The molecule has 0 saturated heterocycles. The highest BCUT2D eigenvalue weighted by Gasteiger charge is 2.10. The molecule has 0 rings (SSSR count). The van der Waals surface area contributed by atoms with Crippen LogP contribution in [0.5, 0.6) is 0 Å². The number of rotatable bonds is 3. The second-order valence-corrected chi connectivity index (χ2v) is 1.87. The molecule has 2 heteroatoms. The Bertz CT molecular complexity index is 102. The Hall–Kier alpha value is -0.520. The fourth-order valence-corrected chi connectivity index (χ4v) is 0.675. The monoisotopic (exact) mass is 127 g/mol. The number of nitrogens with two attached hydrogens (primary N) is 1. The van der Waals surface area contributed by atoms with Crippen LogP contribution in [0.1, 0.15) is 13.3 Å². The van der Waals surface area contributed by atoms with E-state index < -0.39 is 0 Å². The Morgan fingerprint density at radius 1 is 1.78 bits per heavy atom. The summed E-state index contributed by atoms with van der Waals surface area (Å²) in [6, 6.07) is -0.264. The maximum atomic E-state index is 5.48. The van der Waals surface area contributed by atoms with Gasteiger partial charge in [0.15, 0.2) is 0 Å². The van der Waals surface area contributed by atoms with Crippen molar-refractivity contribution in [3.05, 3.63) is 0 Å². The Balaban J connectivity index is 3.67. The van der Waals surface area contributed by atoms with E-state index in [0.29, 0.717) is 0 Å². The summed E-state index contributed by atoms with van der Waals surface area (Å²) >= 11 is 0. The minimum Gasteiger partial charge on any atom is -0.379 e. The van der Waals surface area contributed by atoms with Gasteiger partial charge in [-0.15, -0.1) is 6.42 Å². The molecule has 9 heavy (non-hydrogen) atoms. The van der Waals surface area contributed by atoms with Crippen LogP contribution in [-0.2, 0) is 4.74 Å². The van der Waals surface area contributed by atoms with Crippen LogP contribution in [0.2, 0.25) is 0 Å². The molecule has 0 aliphatic rings. The van der Waals surface area contributed by atoms with E-state index in [4.69, 9.17) is 16.9 Å². The lowest BCUT2D eigenvalue weighted by Gasteiger charge is -2.15. The van der Waals surface area contributed by atoms with Gasteiger partial charge in [-0.05, 0) is 6.42 Å². The van der Waals surface area contributed by atoms with Crippen molar-refractivity contribution in [3.63, 3.8) is 0 Å². The third-order valence-electron chi connectivity index (χ3n) is 1.30. The molecule has 0 fully saturated rings. The van der Waals surface area contributed by atoms with E-state index >= 15 is 0 Å². The average molecular weight is 127 g/mol. The van der Waals surface area contributed by atoms with Gasteiger partial charge in [0.2, 0.25) is 0 Å². The molecule has 52 valence electrons. The van der Waals surface area contributed by atoms with E-state index in [0.717, 1.165) is 6.42 Å². The Morgan fingerprint density at radius 2 is 2.33 bits per heavy atom. The molecule has 0 heterocycles. The first-order chi connectivity index (χ1) is 4.26. The van der Waals surface area contributed by atoms with Crippen molar-refractivity contribution in [2.24, 2.45) is 5.73 Å². The molecule has 0 aliphatic carbocycles. The van der Waals surface area contributed by atoms with Crippen molar-refractivity contribution in [2.75, 3.05) is 7.11 Å². The molecule has 2 atom stereocenters. The molecule has 2 unspecified atom stereocenters. The van der Waals surface area contributed by atoms with Crippen molar-refractivity contribution >= 4 is 0 Å². The van der Waals surface area contributed by atoms with Gasteiger partial charge < -0.3 is 10.5 Å². The van der Waals surface area contributed by atoms with E-state index in [1.165, 1.54) is 0 Å². The van der Waals surface area contributed by atoms with E-state index in [9.17, 15) is 0 Å². The number of methoxy groups -OCH3 is 1. The predicted octanol–water partition coefficient (Wildman–Crippen LogP) is 0.372. The SMILES string of the molecule is C#CC(N)C(CC)OC. The molecule has 0 saturated carbocycles. The standard InChI is InChI=1S/C7H13NO/c1-4-6(8)7(5-2)9-3/h1,6-7H,5,8H2,2-3H3. The summed E-state index contributed by atoms with van der Waals surface area (Å²) in [6.45, 7) is 1.99. The second kappa shape index (κ2) is 4.37. The van der Waals surface area contributed by atoms with Crippen molar-refractivity contribution in [2.45, 2.75) is 25.5 Å². The first-order valence-corrected chi connectivity index (χ1v) is 3.00. The minimum absolute atomic E-state index is 0.00926. The van der Waals surface area contributed by atoms with Gasteiger partial charge in [-0.3, -0.25) is 0 Å². The lowest BCUT2D eigenvalue weighted by atomic mass is 10.1. The Morgan fingerprint density at radius 3 is 2.44 bits per heavy atom. The third-order valence-corrected chi connectivity index (χ3v) is 1.30. The maximum absolute atomic E-state index is 5.48. The summed E-state index contributed by atoms with van der Waals surface area (Å²) in [5.41, 5.74) is 5.48. The van der Waals surface area contributed by atoms with Crippen LogP contribution in [0.25, 0.3) is 0 Å². The van der Waals surface area contributed by atoms with Gasteiger partial charge in [0.1, 0.15) is 0 Å². The van der Waals surface area contributed by atoms with Crippen molar-refractivity contribution in [1.29, 1.82) is 0 Å². The van der Waals surface area contributed by atoms with E-state index in [-0.39, 0.29) is 12.1 Å². The van der Waals surface area contributed by atoms with E-state index in [1.54, 1.807) is 7.11 Å². The van der Waals surface area contributed by atoms with Gasteiger partial charge in [0.25, 0.3) is 0 Å². The Kier molecular flexibility index (Phi) is 4.12. The van der Waals surface area contributed by atoms with Crippen LogP contribution in [-0.4, -0.2) is 19.3 Å². The van der Waals surface area contributed by atoms with Crippen molar-refractivity contribution in [3.8, 4) is 12.3 Å². The lowest BCUT2D eigenvalue weighted by Crippen LogP contribution is -2.33. The molecular formula is C7H13NO.